The van der Waals surface area contributed by atoms with Gasteiger partial charge in [0.15, 0.2) is 0 Å². The number of amides is 2. The molecule has 28 heavy (non-hydrogen) atoms. The van der Waals surface area contributed by atoms with Gasteiger partial charge >= 0.3 is 12.2 Å². The summed E-state index contributed by atoms with van der Waals surface area (Å²) in [5.41, 5.74) is 0.576. The number of carbonyl (C=O) groups excluding carboxylic acids is 1. The molecular weight excluding hydrogens is 367 g/mol. The molecule has 0 radical (unpaired) electrons. The second-order valence-electron chi connectivity index (χ2n) is 6.33. The van der Waals surface area contributed by atoms with Gasteiger partial charge in [-0.2, -0.15) is 13.2 Å². The molecule has 0 aromatic heterocycles. The Morgan fingerprint density at radius 2 is 1.79 bits per heavy atom. The van der Waals surface area contributed by atoms with Crippen molar-refractivity contribution >= 4 is 6.03 Å². The van der Waals surface area contributed by atoms with Crippen LogP contribution in [0, 0.1) is 11.8 Å². The normalized spacial score (nSPS) is 12.1. The summed E-state index contributed by atoms with van der Waals surface area (Å²) in [6, 6.07) is 14.2. The van der Waals surface area contributed by atoms with Crippen LogP contribution in [0.25, 0.3) is 0 Å². The van der Waals surface area contributed by atoms with Gasteiger partial charge in [0.2, 0.25) is 0 Å². The van der Waals surface area contributed by atoms with E-state index < -0.39 is 11.7 Å². The predicted octanol–water partition coefficient (Wildman–Crippen LogP) is 3.66. The number of urea groups is 1. The van der Waals surface area contributed by atoms with Crippen molar-refractivity contribution in [3.8, 4) is 11.8 Å². The number of nitrogens with zero attached hydrogens (tertiary/aromatic N) is 1. The van der Waals surface area contributed by atoms with Crippen LogP contribution >= 0.6 is 0 Å². The Morgan fingerprint density at radius 3 is 2.43 bits per heavy atom. The van der Waals surface area contributed by atoms with E-state index in [1.807, 2.05) is 49.3 Å². The molecule has 0 spiro atoms. The van der Waals surface area contributed by atoms with Gasteiger partial charge in [0.25, 0.3) is 0 Å². The second-order valence-corrected chi connectivity index (χ2v) is 6.33. The van der Waals surface area contributed by atoms with Gasteiger partial charge in [0.1, 0.15) is 0 Å². The topological polar surface area (TPSA) is 44.4 Å². The van der Waals surface area contributed by atoms with Crippen LogP contribution in [0.3, 0.4) is 0 Å². The van der Waals surface area contributed by atoms with E-state index in [9.17, 15) is 18.0 Å². The van der Waals surface area contributed by atoms with Crippen LogP contribution in [-0.2, 0) is 6.18 Å². The van der Waals surface area contributed by atoms with Gasteiger partial charge in [-0.1, -0.05) is 48.2 Å². The minimum absolute atomic E-state index is 0.0168. The molecule has 0 saturated carbocycles. The minimum Gasteiger partial charge on any atom is -0.336 e. The van der Waals surface area contributed by atoms with Crippen LogP contribution in [-0.4, -0.2) is 38.1 Å². The molecular formula is C21H22F3N3O. The average molecular weight is 389 g/mol. The van der Waals surface area contributed by atoms with Gasteiger partial charge in [-0.25, -0.2) is 4.79 Å². The Kier molecular flexibility index (Phi) is 7.47. The maximum absolute atomic E-state index is 12.7. The summed E-state index contributed by atoms with van der Waals surface area (Å²) in [5.74, 6) is 5.27. The molecule has 148 valence electrons. The van der Waals surface area contributed by atoms with Gasteiger partial charge in [-0.3, -0.25) is 0 Å². The Bertz CT molecular complexity index is 839. The Balaban J connectivity index is 1.84. The van der Waals surface area contributed by atoms with Crippen LogP contribution in [0.15, 0.2) is 54.6 Å². The molecule has 2 aromatic rings. The Labute approximate surface area is 162 Å². The molecule has 0 heterocycles. The number of alkyl halides is 3. The molecule has 0 aliphatic heterocycles. The number of benzene rings is 2. The summed E-state index contributed by atoms with van der Waals surface area (Å²) >= 11 is 0. The maximum Gasteiger partial charge on any atom is 0.416 e. The van der Waals surface area contributed by atoms with E-state index in [0.29, 0.717) is 6.54 Å². The molecule has 0 aliphatic rings. The monoisotopic (exact) mass is 389 g/mol. The summed E-state index contributed by atoms with van der Waals surface area (Å²) in [6.07, 6.45) is -4.41. The van der Waals surface area contributed by atoms with Crippen LogP contribution < -0.4 is 10.6 Å². The molecule has 1 unspecified atom stereocenters. The van der Waals surface area contributed by atoms with Crippen molar-refractivity contribution in [2.75, 3.05) is 27.2 Å². The maximum atomic E-state index is 12.7. The summed E-state index contributed by atoms with van der Waals surface area (Å²) < 4.78 is 38.0. The first-order valence-corrected chi connectivity index (χ1v) is 8.66. The van der Waals surface area contributed by atoms with E-state index in [4.69, 9.17) is 0 Å². The highest BCUT2D eigenvalue weighted by Gasteiger charge is 2.30. The van der Waals surface area contributed by atoms with E-state index >= 15 is 0 Å². The largest absolute Gasteiger partial charge is 0.416 e. The van der Waals surface area contributed by atoms with E-state index in [1.165, 1.54) is 12.1 Å². The van der Waals surface area contributed by atoms with Crippen LogP contribution in [0.1, 0.15) is 22.7 Å². The zero-order valence-corrected chi connectivity index (χ0v) is 15.7. The van der Waals surface area contributed by atoms with Crippen molar-refractivity contribution in [3.05, 3.63) is 71.3 Å². The van der Waals surface area contributed by atoms with Crippen molar-refractivity contribution in [2.45, 2.75) is 12.2 Å². The smallest absolute Gasteiger partial charge is 0.336 e. The van der Waals surface area contributed by atoms with Gasteiger partial charge in [-0.15, -0.1) is 0 Å². The second kappa shape index (κ2) is 9.81. The van der Waals surface area contributed by atoms with E-state index in [-0.39, 0.29) is 24.2 Å². The molecule has 0 bridgehead atoms. The van der Waals surface area contributed by atoms with Gasteiger partial charge in [0.05, 0.1) is 18.2 Å². The molecule has 1 atom stereocenters. The number of nitrogens with one attached hydrogen (secondary N) is 2. The van der Waals surface area contributed by atoms with Gasteiger partial charge in [0, 0.05) is 12.1 Å². The molecule has 2 rings (SSSR count). The summed E-state index contributed by atoms with van der Waals surface area (Å²) in [7, 11) is 3.86. The third kappa shape index (κ3) is 6.63. The molecule has 0 fully saturated rings. The lowest BCUT2D eigenvalue weighted by Crippen LogP contribution is -2.40. The first-order valence-electron chi connectivity index (χ1n) is 8.66. The van der Waals surface area contributed by atoms with Crippen molar-refractivity contribution in [3.63, 3.8) is 0 Å². The van der Waals surface area contributed by atoms with Crippen LogP contribution in [0.4, 0.5) is 18.0 Å². The van der Waals surface area contributed by atoms with Gasteiger partial charge in [-0.05, 0) is 37.9 Å². The molecule has 2 N–H and O–H groups in total. The highest BCUT2D eigenvalue weighted by molar-refractivity contribution is 5.74. The number of rotatable bonds is 5. The lowest BCUT2D eigenvalue weighted by atomic mass is 10.1. The third-order valence-corrected chi connectivity index (χ3v) is 4.02. The summed E-state index contributed by atoms with van der Waals surface area (Å²) in [5, 5.41) is 5.36. The number of hydrogen-bond acceptors (Lipinski definition) is 2. The van der Waals surface area contributed by atoms with Crippen LogP contribution in [0.2, 0.25) is 0 Å². The number of carbonyl (C=O) groups is 1. The number of hydrogen-bond donors (Lipinski definition) is 2. The fraction of sp³-hybridized carbons (Fsp3) is 0.286. The predicted molar refractivity (Wildman–Crippen MR) is 103 cm³/mol. The zero-order chi connectivity index (χ0) is 20.6. The highest BCUT2D eigenvalue weighted by Crippen LogP contribution is 2.29. The molecule has 0 aliphatic carbocycles. The van der Waals surface area contributed by atoms with E-state index in [1.54, 1.807) is 0 Å². The van der Waals surface area contributed by atoms with Crippen molar-refractivity contribution in [1.29, 1.82) is 0 Å². The minimum atomic E-state index is -4.41. The Morgan fingerprint density at radius 1 is 1.07 bits per heavy atom. The zero-order valence-electron chi connectivity index (χ0n) is 15.7. The lowest BCUT2D eigenvalue weighted by molar-refractivity contribution is -0.137. The van der Waals surface area contributed by atoms with Crippen molar-refractivity contribution in [2.24, 2.45) is 0 Å². The standard InChI is InChI=1S/C21H22F3N3O/c1-27(2)19(17-10-4-3-5-11-17)15-26-20(28)25-13-7-9-16-8-6-12-18(14-16)21(22,23)24/h3-6,8,10-12,14,19H,13,15H2,1-2H3,(H2,25,26,28). The Hall–Kier alpha value is -2.98. The molecule has 7 heteroatoms. The average Bonchev–Trinajstić information content (AvgIpc) is 2.65. The van der Waals surface area contributed by atoms with E-state index in [2.05, 4.69) is 22.5 Å². The van der Waals surface area contributed by atoms with Gasteiger partial charge < -0.3 is 15.5 Å². The fourth-order valence-corrected chi connectivity index (χ4v) is 2.57. The van der Waals surface area contributed by atoms with Crippen LogP contribution in [0.5, 0.6) is 0 Å². The SMILES string of the molecule is CN(C)C(CNC(=O)NCC#Cc1cccc(C(F)(F)F)c1)c1ccccc1. The lowest BCUT2D eigenvalue weighted by Gasteiger charge is -2.25. The first kappa shape index (κ1) is 21.3. The highest BCUT2D eigenvalue weighted by atomic mass is 19.4. The summed E-state index contributed by atoms with van der Waals surface area (Å²) in [4.78, 5) is 13.9. The van der Waals surface area contributed by atoms with E-state index in [0.717, 1.165) is 17.7 Å². The number of halogens is 3. The van der Waals surface area contributed by atoms with Crippen molar-refractivity contribution < 1.29 is 18.0 Å². The molecule has 2 aromatic carbocycles. The third-order valence-electron chi connectivity index (χ3n) is 4.02. The first-order chi connectivity index (χ1) is 13.3. The quantitative estimate of drug-likeness (QED) is 0.767. The van der Waals surface area contributed by atoms with Crippen molar-refractivity contribution in [1.82, 2.24) is 15.5 Å². The summed E-state index contributed by atoms with van der Waals surface area (Å²) in [6.45, 7) is 0.434. The number of likely N-dealkylation sites (N-methyl/N-ethyl adjacent to an activating group) is 1. The molecule has 4 nitrogen and oxygen atoms in total. The fourth-order valence-electron chi connectivity index (χ4n) is 2.57. The molecule has 2 amide bonds. The molecule has 0 saturated heterocycles.